The molecule has 0 unspecified atom stereocenters. The number of methoxy groups -OCH3 is 1. The Kier molecular flexibility index (Phi) is 3.97. The van der Waals surface area contributed by atoms with Crippen molar-refractivity contribution < 1.29 is 19.0 Å². The molecule has 100 valence electrons. The topological polar surface area (TPSA) is 51.6 Å². The number of hydrogen-bond acceptors (Lipinski definition) is 4. The van der Waals surface area contributed by atoms with E-state index in [1.807, 2.05) is 19.1 Å². The fourth-order valence-corrected chi connectivity index (χ4v) is 1.64. The Morgan fingerprint density at radius 3 is 2.74 bits per heavy atom. The third-order valence-corrected chi connectivity index (χ3v) is 2.59. The van der Waals surface area contributed by atoms with Crippen molar-refractivity contribution in [3.63, 3.8) is 0 Å². The van der Waals surface area contributed by atoms with Crippen molar-refractivity contribution in [1.29, 1.82) is 0 Å². The summed E-state index contributed by atoms with van der Waals surface area (Å²) in [7, 11) is 1.53. The Labute approximate surface area is 110 Å². The Balaban J connectivity index is 2.36. The standard InChI is InChI=1S/C14H14FNO3/c1-9-3-4-12(13(5-9)18-2)19-14-10(8-17)6-11(15)7-16-14/h3-7,17H,8H2,1-2H3. The monoisotopic (exact) mass is 263 g/mol. The molecular weight excluding hydrogens is 249 g/mol. The maximum absolute atomic E-state index is 13.0. The smallest absolute Gasteiger partial charge is 0.225 e. The summed E-state index contributed by atoms with van der Waals surface area (Å²) in [5, 5.41) is 9.17. The van der Waals surface area contributed by atoms with Crippen molar-refractivity contribution in [1.82, 2.24) is 4.98 Å². The lowest BCUT2D eigenvalue weighted by atomic mass is 10.2. The van der Waals surface area contributed by atoms with E-state index in [0.717, 1.165) is 11.8 Å². The molecule has 0 fully saturated rings. The van der Waals surface area contributed by atoms with Gasteiger partial charge in [-0.3, -0.25) is 0 Å². The van der Waals surface area contributed by atoms with Crippen LogP contribution in [0.25, 0.3) is 0 Å². The van der Waals surface area contributed by atoms with Crippen LogP contribution in [0.15, 0.2) is 30.5 Å². The van der Waals surface area contributed by atoms with Gasteiger partial charge in [0, 0.05) is 5.56 Å². The van der Waals surface area contributed by atoms with Crippen LogP contribution in [-0.2, 0) is 6.61 Å². The highest BCUT2D eigenvalue weighted by Gasteiger charge is 2.11. The molecule has 19 heavy (non-hydrogen) atoms. The van der Waals surface area contributed by atoms with E-state index in [-0.39, 0.29) is 18.1 Å². The highest BCUT2D eigenvalue weighted by atomic mass is 19.1. The Hall–Kier alpha value is -2.14. The van der Waals surface area contributed by atoms with Gasteiger partial charge in [-0.25, -0.2) is 9.37 Å². The number of pyridine rings is 1. The second-order valence-electron chi connectivity index (χ2n) is 4.03. The SMILES string of the molecule is COc1cc(C)ccc1Oc1ncc(F)cc1CO. The van der Waals surface area contributed by atoms with Crippen LogP contribution in [0.4, 0.5) is 4.39 Å². The van der Waals surface area contributed by atoms with Crippen molar-refractivity contribution in [3.8, 4) is 17.4 Å². The van der Waals surface area contributed by atoms with Crippen LogP contribution in [0.2, 0.25) is 0 Å². The van der Waals surface area contributed by atoms with Crippen molar-refractivity contribution in [2.24, 2.45) is 0 Å². The third kappa shape index (κ3) is 3.00. The van der Waals surface area contributed by atoms with Crippen LogP contribution in [0.5, 0.6) is 17.4 Å². The lowest BCUT2D eigenvalue weighted by molar-refractivity contribution is 0.273. The van der Waals surface area contributed by atoms with Gasteiger partial charge >= 0.3 is 0 Å². The molecule has 5 heteroatoms. The summed E-state index contributed by atoms with van der Waals surface area (Å²) < 4.78 is 23.8. The molecule has 0 saturated carbocycles. The van der Waals surface area contributed by atoms with Crippen molar-refractivity contribution in [2.75, 3.05) is 7.11 Å². The molecule has 0 aliphatic rings. The maximum Gasteiger partial charge on any atom is 0.225 e. The average Bonchev–Trinajstić information content (AvgIpc) is 2.42. The van der Waals surface area contributed by atoms with Crippen LogP contribution >= 0.6 is 0 Å². The maximum atomic E-state index is 13.0. The van der Waals surface area contributed by atoms with E-state index in [1.165, 1.54) is 13.2 Å². The van der Waals surface area contributed by atoms with Gasteiger partial charge in [-0.2, -0.15) is 0 Å². The molecule has 1 aromatic carbocycles. The van der Waals surface area contributed by atoms with Gasteiger partial charge in [0.2, 0.25) is 5.88 Å². The second kappa shape index (κ2) is 5.67. The Morgan fingerprint density at radius 2 is 2.05 bits per heavy atom. The Bertz CT molecular complexity index is 535. The number of aliphatic hydroxyl groups excluding tert-OH is 1. The highest BCUT2D eigenvalue weighted by molar-refractivity contribution is 5.45. The van der Waals surface area contributed by atoms with Gasteiger partial charge in [-0.1, -0.05) is 6.07 Å². The van der Waals surface area contributed by atoms with Crippen LogP contribution in [-0.4, -0.2) is 17.2 Å². The van der Waals surface area contributed by atoms with E-state index in [4.69, 9.17) is 9.47 Å². The molecule has 2 rings (SSSR count). The van der Waals surface area contributed by atoms with Crippen LogP contribution in [0, 0.1) is 12.7 Å². The van der Waals surface area contributed by atoms with E-state index in [1.54, 1.807) is 6.07 Å². The molecule has 0 aliphatic carbocycles. The van der Waals surface area contributed by atoms with Crippen molar-refractivity contribution in [2.45, 2.75) is 13.5 Å². The summed E-state index contributed by atoms with van der Waals surface area (Å²) >= 11 is 0. The fourth-order valence-electron chi connectivity index (χ4n) is 1.64. The number of aryl methyl sites for hydroxylation is 1. The number of nitrogens with zero attached hydrogens (tertiary/aromatic N) is 1. The summed E-state index contributed by atoms with van der Waals surface area (Å²) in [5.41, 5.74) is 1.31. The minimum Gasteiger partial charge on any atom is -0.493 e. The Morgan fingerprint density at radius 1 is 1.26 bits per heavy atom. The van der Waals surface area contributed by atoms with Gasteiger partial charge in [-0.05, 0) is 30.7 Å². The van der Waals surface area contributed by atoms with Gasteiger partial charge in [0.25, 0.3) is 0 Å². The molecule has 0 bridgehead atoms. The predicted octanol–water partition coefficient (Wildman–Crippen LogP) is 2.82. The first-order valence-electron chi connectivity index (χ1n) is 5.72. The largest absolute Gasteiger partial charge is 0.493 e. The molecule has 1 N–H and O–H groups in total. The van der Waals surface area contributed by atoms with E-state index in [2.05, 4.69) is 4.98 Å². The first-order valence-corrected chi connectivity index (χ1v) is 5.72. The van der Waals surface area contributed by atoms with Gasteiger partial charge in [0.05, 0.1) is 19.9 Å². The minimum absolute atomic E-state index is 0.158. The molecule has 0 radical (unpaired) electrons. The van der Waals surface area contributed by atoms with Gasteiger partial charge in [-0.15, -0.1) is 0 Å². The van der Waals surface area contributed by atoms with E-state index in [9.17, 15) is 9.50 Å². The van der Waals surface area contributed by atoms with Gasteiger partial charge in [0.1, 0.15) is 5.82 Å². The molecule has 1 aromatic heterocycles. The molecule has 0 atom stereocenters. The number of benzene rings is 1. The lowest BCUT2D eigenvalue weighted by Crippen LogP contribution is -1.98. The summed E-state index contributed by atoms with van der Waals surface area (Å²) in [4.78, 5) is 3.83. The normalized spacial score (nSPS) is 10.3. The van der Waals surface area contributed by atoms with Crippen LogP contribution in [0.3, 0.4) is 0 Å². The summed E-state index contributed by atoms with van der Waals surface area (Å²) in [6.45, 7) is 1.58. The molecule has 0 amide bonds. The van der Waals surface area contributed by atoms with E-state index in [0.29, 0.717) is 11.5 Å². The number of ether oxygens (including phenoxy) is 2. The molecule has 2 aromatic rings. The van der Waals surface area contributed by atoms with Gasteiger partial charge < -0.3 is 14.6 Å². The quantitative estimate of drug-likeness (QED) is 0.921. The molecule has 0 aliphatic heterocycles. The molecular formula is C14H14FNO3. The first-order chi connectivity index (χ1) is 9.13. The van der Waals surface area contributed by atoms with Crippen LogP contribution in [0.1, 0.15) is 11.1 Å². The predicted molar refractivity (Wildman–Crippen MR) is 67.9 cm³/mol. The molecule has 0 spiro atoms. The zero-order valence-electron chi connectivity index (χ0n) is 10.7. The summed E-state index contributed by atoms with van der Waals surface area (Å²) in [6, 6.07) is 6.60. The number of aromatic nitrogens is 1. The fraction of sp³-hybridized carbons (Fsp3) is 0.214. The summed E-state index contributed by atoms with van der Waals surface area (Å²) in [5.74, 6) is 0.648. The summed E-state index contributed by atoms with van der Waals surface area (Å²) in [6.07, 6.45) is 1.04. The average molecular weight is 263 g/mol. The number of rotatable bonds is 4. The highest BCUT2D eigenvalue weighted by Crippen LogP contribution is 2.32. The zero-order chi connectivity index (χ0) is 13.8. The van der Waals surface area contributed by atoms with E-state index < -0.39 is 5.82 Å². The van der Waals surface area contributed by atoms with E-state index >= 15 is 0 Å². The third-order valence-electron chi connectivity index (χ3n) is 2.59. The van der Waals surface area contributed by atoms with Gasteiger partial charge in [0.15, 0.2) is 11.5 Å². The van der Waals surface area contributed by atoms with Crippen molar-refractivity contribution in [3.05, 3.63) is 47.4 Å². The number of aliphatic hydroxyl groups is 1. The zero-order valence-corrected chi connectivity index (χ0v) is 10.7. The van der Waals surface area contributed by atoms with Crippen LogP contribution < -0.4 is 9.47 Å². The minimum atomic E-state index is -0.521. The molecule has 4 nitrogen and oxygen atoms in total. The van der Waals surface area contributed by atoms with Crippen molar-refractivity contribution >= 4 is 0 Å². The number of halogens is 1. The lowest BCUT2D eigenvalue weighted by Gasteiger charge is -2.12. The molecule has 1 heterocycles. The number of hydrogen-bond donors (Lipinski definition) is 1. The first kappa shape index (κ1) is 13.3. The second-order valence-corrected chi connectivity index (χ2v) is 4.03. The molecule has 0 saturated heterocycles.